The second-order valence-electron chi connectivity index (χ2n) is 9.53. The van der Waals surface area contributed by atoms with Crippen LogP contribution < -0.4 is 5.32 Å². The second kappa shape index (κ2) is 11.7. The minimum Gasteiger partial charge on any atom is -0.467 e. The Balaban J connectivity index is 1.77. The zero-order valence-corrected chi connectivity index (χ0v) is 21.0. The maximum Gasteiger partial charge on any atom is 0.411 e. The largest absolute Gasteiger partial charge is 0.467 e. The molecule has 0 aromatic heterocycles. The van der Waals surface area contributed by atoms with Crippen LogP contribution in [0.25, 0.3) is 0 Å². The number of rotatable bonds is 7. The molecule has 0 fully saturated rings. The SMILES string of the molecule is COC(=O)[C@H](CC(=O)OC(C)(C)C)NC(=O)[C@@H]1Cc2ccccc2CN1C(=O)OCc1ccccc1. The van der Waals surface area contributed by atoms with Gasteiger partial charge < -0.3 is 19.5 Å². The number of ether oxygens (including phenoxy) is 3. The first kappa shape index (κ1) is 26.7. The number of nitrogens with one attached hydrogen (secondary N) is 1. The Hall–Kier alpha value is -3.88. The lowest BCUT2D eigenvalue weighted by Crippen LogP contribution is -2.56. The van der Waals surface area contributed by atoms with E-state index in [0.29, 0.717) is 0 Å². The highest BCUT2D eigenvalue weighted by Gasteiger charge is 2.38. The van der Waals surface area contributed by atoms with Gasteiger partial charge in [0, 0.05) is 6.42 Å². The van der Waals surface area contributed by atoms with Crippen molar-refractivity contribution in [2.45, 2.75) is 64.4 Å². The molecule has 0 unspecified atom stereocenters. The number of carbonyl (C=O) groups is 4. The van der Waals surface area contributed by atoms with Gasteiger partial charge >= 0.3 is 18.0 Å². The third kappa shape index (κ3) is 7.31. The Morgan fingerprint density at radius 1 is 1.00 bits per heavy atom. The number of hydrogen-bond donors (Lipinski definition) is 1. The summed E-state index contributed by atoms with van der Waals surface area (Å²) in [4.78, 5) is 52.5. The van der Waals surface area contributed by atoms with E-state index < -0.39 is 48.0 Å². The fourth-order valence-corrected chi connectivity index (χ4v) is 3.90. The zero-order valence-electron chi connectivity index (χ0n) is 21.0. The van der Waals surface area contributed by atoms with Crippen LogP contribution >= 0.6 is 0 Å². The van der Waals surface area contributed by atoms with Crippen LogP contribution in [0.15, 0.2) is 54.6 Å². The molecule has 2 aromatic rings. The number of fused-ring (bicyclic) bond motifs is 1. The quantitative estimate of drug-likeness (QED) is 0.463. The lowest BCUT2D eigenvalue weighted by Gasteiger charge is -2.35. The molecule has 1 aliphatic heterocycles. The normalized spacial score (nSPS) is 15.8. The minimum atomic E-state index is -1.27. The van der Waals surface area contributed by atoms with Crippen LogP contribution in [-0.2, 0) is 48.2 Å². The van der Waals surface area contributed by atoms with E-state index >= 15 is 0 Å². The molecule has 3 rings (SSSR count). The second-order valence-corrected chi connectivity index (χ2v) is 9.53. The van der Waals surface area contributed by atoms with Crippen molar-refractivity contribution in [3.8, 4) is 0 Å². The van der Waals surface area contributed by atoms with Gasteiger partial charge in [0.05, 0.1) is 20.1 Å². The molecule has 192 valence electrons. The Morgan fingerprint density at radius 2 is 1.64 bits per heavy atom. The summed E-state index contributed by atoms with van der Waals surface area (Å²) in [6.07, 6.45) is -0.838. The summed E-state index contributed by atoms with van der Waals surface area (Å²) in [5.41, 5.74) is 1.86. The summed E-state index contributed by atoms with van der Waals surface area (Å²) < 4.78 is 15.6. The van der Waals surface area contributed by atoms with Crippen LogP contribution in [0.1, 0.15) is 43.9 Å². The number of nitrogens with zero attached hydrogens (tertiary/aromatic N) is 1. The smallest absolute Gasteiger partial charge is 0.411 e. The molecule has 1 aliphatic rings. The number of amides is 2. The van der Waals surface area contributed by atoms with E-state index in [-0.39, 0.29) is 19.6 Å². The lowest BCUT2D eigenvalue weighted by molar-refractivity contribution is -0.159. The summed E-state index contributed by atoms with van der Waals surface area (Å²) in [5.74, 6) is -2.05. The van der Waals surface area contributed by atoms with Gasteiger partial charge in [-0.15, -0.1) is 0 Å². The Bertz CT molecular complexity index is 1090. The van der Waals surface area contributed by atoms with Gasteiger partial charge in [0.15, 0.2) is 0 Å². The van der Waals surface area contributed by atoms with Crippen LogP contribution in [0.4, 0.5) is 4.79 Å². The summed E-state index contributed by atoms with van der Waals surface area (Å²) in [6, 6.07) is 14.5. The summed E-state index contributed by atoms with van der Waals surface area (Å²) >= 11 is 0. The molecule has 0 saturated carbocycles. The van der Waals surface area contributed by atoms with Crippen LogP contribution in [0.2, 0.25) is 0 Å². The molecule has 9 nitrogen and oxygen atoms in total. The van der Waals surface area contributed by atoms with Gasteiger partial charge in [-0.1, -0.05) is 54.6 Å². The Kier molecular flexibility index (Phi) is 8.68. The van der Waals surface area contributed by atoms with Gasteiger partial charge in [0.25, 0.3) is 0 Å². The highest BCUT2D eigenvalue weighted by Crippen LogP contribution is 2.25. The number of methoxy groups -OCH3 is 1. The first-order chi connectivity index (χ1) is 17.1. The average Bonchev–Trinajstić information content (AvgIpc) is 2.85. The highest BCUT2D eigenvalue weighted by atomic mass is 16.6. The fourth-order valence-electron chi connectivity index (χ4n) is 3.90. The van der Waals surface area contributed by atoms with Gasteiger partial charge in [-0.25, -0.2) is 9.59 Å². The van der Waals surface area contributed by atoms with Crippen molar-refractivity contribution in [3.05, 3.63) is 71.3 Å². The molecule has 2 amide bonds. The third-order valence-electron chi connectivity index (χ3n) is 5.58. The number of esters is 2. The first-order valence-electron chi connectivity index (χ1n) is 11.7. The third-order valence-corrected chi connectivity index (χ3v) is 5.58. The van der Waals surface area contributed by atoms with E-state index in [1.807, 2.05) is 54.6 Å². The van der Waals surface area contributed by atoms with Gasteiger partial charge in [0.1, 0.15) is 24.3 Å². The molecular weight excluding hydrogens is 464 g/mol. The molecule has 2 aromatic carbocycles. The fraction of sp³-hybridized carbons (Fsp3) is 0.407. The molecule has 0 bridgehead atoms. The summed E-state index contributed by atoms with van der Waals surface area (Å²) in [7, 11) is 1.17. The predicted octanol–water partition coefficient (Wildman–Crippen LogP) is 3.14. The molecule has 9 heteroatoms. The van der Waals surface area contributed by atoms with E-state index in [1.165, 1.54) is 12.0 Å². The van der Waals surface area contributed by atoms with Crippen LogP contribution in [0.5, 0.6) is 0 Å². The summed E-state index contributed by atoms with van der Waals surface area (Å²) in [6.45, 7) is 5.32. The highest BCUT2D eigenvalue weighted by molar-refractivity contribution is 5.92. The standard InChI is InChI=1S/C27H32N2O7/c1-27(2,3)36-23(30)15-21(25(32)34-4)28-24(31)22-14-19-12-8-9-13-20(19)16-29(22)26(33)35-17-18-10-6-5-7-11-18/h5-13,21-22H,14-17H2,1-4H3,(H,28,31)/t21-,22-/m0/s1. The molecule has 2 atom stereocenters. The van der Waals surface area contributed by atoms with E-state index in [9.17, 15) is 19.2 Å². The van der Waals surface area contributed by atoms with Crippen molar-refractivity contribution >= 4 is 23.9 Å². The molecular formula is C27H32N2O7. The molecule has 1 N–H and O–H groups in total. The minimum absolute atomic E-state index is 0.0512. The van der Waals surface area contributed by atoms with Crippen LogP contribution in [0, 0.1) is 0 Å². The number of hydrogen-bond acceptors (Lipinski definition) is 7. The van der Waals surface area contributed by atoms with Crippen molar-refractivity contribution in [2.24, 2.45) is 0 Å². The molecule has 36 heavy (non-hydrogen) atoms. The lowest BCUT2D eigenvalue weighted by atomic mass is 9.93. The molecule has 0 saturated heterocycles. The topological polar surface area (TPSA) is 111 Å². The molecule has 0 spiro atoms. The predicted molar refractivity (Wildman–Crippen MR) is 131 cm³/mol. The molecule has 1 heterocycles. The van der Waals surface area contributed by atoms with Crippen LogP contribution in [-0.4, -0.2) is 53.6 Å². The average molecular weight is 497 g/mol. The maximum absolute atomic E-state index is 13.4. The van der Waals surface area contributed by atoms with E-state index in [0.717, 1.165) is 16.7 Å². The van der Waals surface area contributed by atoms with Crippen molar-refractivity contribution in [1.29, 1.82) is 0 Å². The van der Waals surface area contributed by atoms with Crippen LogP contribution in [0.3, 0.4) is 0 Å². The number of benzene rings is 2. The van der Waals surface area contributed by atoms with Gasteiger partial charge in [-0.05, 0) is 37.5 Å². The number of carbonyl (C=O) groups excluding carboxylic acids is 4. The summed E-state index contributed by atoms with van der Waals surface area (Å²) in [5, 5.41) is 2.58. The van der Waals surface area contributed by atoms with Gasteiger partial charge in [-0.3, -0.25) is 14.5 Å². The van der Waals surface area contributed by atoms with Crippen molar-refractivity contribution < 1.29 is 33.4 Å². The van der Waals surface area contributed by atoms with Gasteiger partial charge in [-0.2, -0.15) is 0 Å². The van der Waals surface area contributed by atoms with Crippen molar-refractivity contribution in [3.63, 3.8) is 0 Å². The van der Waals surface area contributed by atoms with E-state index in [4.69, 9.17) is 14.2 Å². The monoisotopic (exact) mass is 496 g/mol. The first-order valence-corrected chi connectivity index (χ1v) is 11.7. The van der Waals surface area contributed by atoms with Gasteiger partial charge in [0.2, 0.25) is 5.91 Å². The Morgan fingerprint density at radius 3 is 2.28 bits per heavy atom. The molecule has 0 aliphatic carbocycles. The van der Waals surface area contributed by atoms with E-state index in [2.05, 4.69) is 5.32 Å². The molecule has 0 radical (unpaired) electrons. The Labute approximate surface area is 210 Å². The van der Waals surface area contributed by atoms with Crippen molar-refractivity contribution in [2.75, 3.05) is 7.11 Å². The van der Waals surface area contributed by atoms with Crippen molar-refractivity contribution in [1.82, 2.24) is 10.2 Å². The zero-order chi connectivity index (χ0) is 26.3. The maximum atomic E-state index is 13.4. The van der Waals surface area contributed by atoms with E-state index in [1.54, 1.807) is 20.8 Å².